The maximum Gasteiger partial charge on any atom is 0.340 e. The van der Waals surface area contributed by atoms with E-state index >= 15 is 0 Å². The third-order valence-electron chi connectivity index (χ3n) is 3.68. The van der Waals surface area contributed by atoms with Crippen LogP contribution in [0.2, 0.25) is 0 Å². The van der Waals surface area contributed by atoms with Crippen molar-refractivity contribution in [2.75, 3.05) is 13.2 Å². The van der Waals surface area contributed by atoms with Crippen LogP contribution in [0.1, 0.15) is 52.9 Å². The van der Waals surface area contributed by atoms with Crippen LogP contribution in [0.4, 0.5) is 17.6 Å². The Balaban J connectivity index is 4.85. The second kappa shape index (κ2) is 9.72. The van der Waals surface area contributed by atoms with E-state index in [2.05, 4.69) is 4.74 Å². The molecule has 0 aliphatic rings. The summed E-state index contributed by atoms with van der Waals surface area (Å²) in [5.74, 6) is -6.58. The fraction of sp³-hybridized carbons (Fsp3) is 0.867. The molecular formula is C15H24F4O4. The summed E-state index contributed by atoms with van der Waals surface area (Å²) in [6.07, 6.45) is -1.65. The van der Waals surface area contributed by atoms with Gasteiger partial charge in [-0.15, -0.1) is 0 Å². The van der Waals surface area contributed by atoms with E-state index in [0.717, 1.165) is 12.8 Å². The molecule has 0 atom stereocenters. The Hall–Kier alpha value is -1.34. The number of hydrogen-bond donors (Lipinski definition) is 0. The molecule has 0 saturated heterocycles. The zero-order chi connectivity index (χ0) is 18.1. The fourth-order valence-electron chi connectivity index (χ4n) is 1.93. The Morgan fingerprint density at radius 1 is 0.957 bits per heavy atom. The van der Waals surface area contributed by atoms with Crippen molar-refractivity contribution in [3.63, 3.8) is 0 Å². The third kappa shape index (κ3) is 5.99. The van der Waals surface area contributed by atoms with Gasteiger partial charge in [0.05, 0.1) is 6.61 Å². The van der Waals surface area contributed by atoms with Gasteiger partial charge < -0.3 is 9.47 Å². The van der Waals surface area contributed by atoms with Crippen LogP contribution in [0.3, 0.4) is 0 Å². The lowest BCUT2D eigenvalue weighted by Gasteiger charge is -2.27. The van der Waals surface area contributed by atoms with Gasteiger partial charge in [-0.25, -0.2) is 8.78 Å². The van der Waals surface area contributed by atoms with Gasteiger partial charge in [-0.1, -0.05) is 33.6 Å². The molecule has 0 aromatic carbocycles. The van der Waals surface area contributed by atoms with E-state index in [4.69, 9.17) is 4.74 Å². The van der Waals surface area contributed by atoms with E-state index < -0.39 is 36.3 Å². The molecule has 0 aromatic rings. The first kappa shape index (κ1) is 21.7. The minimum absolute atomic E-state index is 0.0325. The fourth-order valence-corrected chi connectivity index (χ4v) is 1.93. The number of hydrogen-bond acceptors (Lipinski definition) is 4. The summed E-state index contributed by atoms with van der Waals surface area (Å²) in [7, 11) is 0. The Morgan fingerprint density at radius 2 is 1.48 bits per heavy atom. The van der Waals surface area contributed by atoms with Crippen LogP contribution < -0.4 is 0 Å². The van der Waals surface area contributed by atoms with E-state index in [1.54, 1.807) is 0 Å². The first-order chi connectivity index (χ1) is 10.7. The molecule has 0 aromatic heterocycles. The van der Waals surface area contributed by atoms with Gasteiger partial charge in [0.15, 0.2) is 12.0 Å². The minimum Gasteiger partial charge on any atom is -0.465 e. The number of alkyl halides is 4. The van der Waals surface area contributed by atoms with Gasteiger partial charge in [0, 0.05) is 0 Å². The van der Waals surface area contributed by atoms with Crippen LogP contribution in [-0.2, 0) is 19.1 Å². The molecule has 8 heteroatoms. The van der Waals surface area contributed by atoms with E-state index in [1.165, 1.54) is 13.8 Å². The molecule has 0 rings (SSSR count). The molecule has 0 fully saturated rings. The third-order valence-corrected chi connectivity index (χ3v) is 3.68. The molecule has 0 amide bonds. The highest BCUT2D eigenvalue weighted by molar-refractivity contribution is 6.00. The number of unbranched alkanes of at least 4 members (excludes halogenated alkanes) is 2. The van der Waals surface area contributed by atoms with Crippen molar-refractivity contribution in [3.8, 4) is 0 Å². The molecule has 0 saturated carbocycles. The van der Waals surface area contributed by atoms with Gasteiger partial charge in [-0.2, -0.15) is 8.78 Å². The van der Waals surface area contributed by atoms with Crippen LogP contribution in [0.5, 0.6) is 0 Å². The Kier molecular flexibility index (Phi) is 9.16. The van der Waals surface area contributed by atoms with E-state index in [1.807, 2.05) is 6.92 Å². The number of halogens is 4. The Morgan fingerprint density at radius 3 is 1.91 bits per heavy atom. The van der Waals surface area contributed by atoms with E-state index in [0.29, 0.717) is 6.42 Å². The molecule has 0 radical (unpaired) electrons. The second-order valence-electron chi connectivity index (χ2n) is 5.27. The van der Waals surface area contributed by atoms with E-state index in [-0.39, 0.29) is 19.4 Å². The van der Waals surface area contributed by atoms with Crippen molar-refractivity contribution >= 4 is 11.9 Å². The van der Waals surface area contributed by atoms with Crippen molar-refractivity contribution in [1.82, 2.24) is 0 Å². The minimum atomic E-state index is -4.45. The Labute approximate surface area is 133 Å². The molecular weight excluding hydrogens is 320 g/mol. The SMILES string of the molecule is CCCCCOC(=O)C(CC)(CC)C(=O)OCC(F)(F)C(F)F. The quantitative estimate of drug-likeness (QED) is 0.246. The van der Waals surface area contributed by atoms with Gasteiger partial charge in [-0.05, 0) is 19.3 Å². The number of carbonyl (C=O) groups is 2. The summed E-state index contributed by atoms with van der Waals surface area (Å²) in [6.45, 7) is 3.31. The Bertz CT molecular complexity index is 382. The molecule has 0 unspecified atom stereocenters. The topological polar surface area (TPSA) is 52.6 Å². The van der Waals surface area contributed by atoms with Crippen LogP contribution >= 0.6 is 0 Å². The van der Waals surface area contributed by atoms with Crippen LogP contribution in [-0.4, -0.2) is 37.5 Å². The first-order valence-electron chi connectivity index (χ1n) is 7.68. The average Bonchev–Trinajstić information content (AvgIpc) is 2.51. The lowest BCUT2D eigenvalue weighted by Crippen LogP contribution is -2.43. The summed E-state index contributed by atoms with van der Waals surface area (Å²) in [5.41, 5.74) is -1.75. The van der Waals surface area contributed by atoms with Crippen molar-refractivity contribution in [1.29, 1.82) is 0 Å². The number of esters is 2. The second-order valence-corrected chi connectivity index (χ2v) is 5.27. The summed E-state index contributed by atoms with van der Waals surface area (Å²) < 4.78 is 59.2. The van der Waals surface area contributed by atoms with Gasteiger partial charge in [0.25, 0.3) is 0 Å². The van der Waals surface area contributed by atoms with Crippen molar-refractivity contribution < 1.29 is 36.6 Å². The van der Waals surface area contributed by atoms with Crippen molar-refractivity contribution in [2.24, 2.45) is 5.41 Å². The molecule has 0 heterocycles. The smallest absolute Gasteiger partial charge is 0.340 e. The largest absolute Gasteiger partial charge is 0.465 e. The number of rotatable bonds is 11. The molecule has 4 nitrogen and oxygen atoms in total. The van der Waals surface area contributed by atoms with Gasteiger partial charge >= 0.3 is 24.3 Å². The zero-order valence-corrected chi connectivity index (χ0v) is 13.7. The number of ether oxygens (including phenoxy) is 2. The highest BCUT2D eigenvalue weighted by atomic mass is 19.3. The predicted octanol–water partition coefficient (Wildman–Crippen LogP) is 3.97. The maximum absolute atomic E-state index is 12.8. The predicted molar refractivity (Wildman–Crippen MR) is 75.4 cm³/mol. The molecule has 0 spiro atoms. The summed E-state index contributed by atoms with van der Waals surface area (Å²) in [4.78, 5) is 24.2. The summed E-state index contributed by atoms with van der Waals surface area (Å²) >= 11 is 0. The van der Waals surface area contributed by atoms with Gasteiger partial charge in [-0.3, -0.25) is 9.59 Å². The van der Waals surface area contributed by atoms with Crippen LogP contribution in [0.25, 0.3) is 0 Å². The van der Waals surface area contributed by atoms with Crippen molar-refractivity contribution in [3.05, 3.63) is 0 Å². The van der Waals surface area contributed by atoms with Crippen molar-refractivity contribution in [2.45, 2.75) is 65.2 Å². The summed E-state index contributed by atoms with van der Waals surface area (Å²) in [5, 5.41) is 0. The highest BCUT2D eigenvalue weighted by Gasteiger charge is 2.48. The lowest BCUT2D eigenvalue weighted by atomic mass is 9.82. The molecule has 0 N–H and O–H groups in total. The normalized spacial score (nSPS) is 12.3. The lowest BCUT2D eigenvalue weighted by molar-refractivity contribution is -0.192. The molecule has 0 bridgehead atoms. The number of carbonyl (C=O) groups excluding carboxylic acids is 2. The molecule has 0 aliphatic carbocycles. The first-order valence-corrected chi connectivity index (χ1v) is 7.68. The standard InChI is InChI=1S/C15H24F4O4/c1-4-7-8-9-22-12(20)14(5-2,6-3)13(21)23-10-15(18,19)11(16)17/h11H,4-10H2,1-3H3. The molecule has 136 valence electrons. The van der Waals surface area contributed by atoms with Crippen LogP contribution in [0, 0.1) is 5.41 Å². The van der Waals surface area contributed by atoms with Crippen LogP contribution in [0.15, 0.2) is 0 Å². The molecule has 0 aliphatic heterocycles. The van der Waals surface area contributed by atoms with Gasteiger partial charge in [0.1, 0.15) is 0 Å². The highest BCUT2D eigenvalue weighted by Crippen LogP contribution is 2.32. The molecule has 23 heavy (non-hydrogen) atoms. The van der Waals surface area contributed by atoms with Gasteiger partial charge in [0.2, 0.25) is 0 Å². The van der Waals surface area contributed by atoms with E-state index in [9.17, 15) is 27.2 Å². The monoisotopic (exact) mass is 344 g/mol. The summed E-state index contributed by atoms with van der Waals surface area (Å²) in [6, 6.07) is 0. The maximum atomic E-state index is 12.8. The zero-order valence-electron chi connectivity index (χ0n) is 13.7. The average molecular weight is 344 g/mol.